The highest BCUT2D eigenvalue weighted by molar-refractivity contribution is 5.69. The molecule has 0 atom stereocenters. The van der Waals surface area contributed by atoms with Gasteiger partial charge in [0, 0.05) is 6.54 Å². The average molecular weight is 224 g/mol. The number of hydrogen-bond acceptors (Lipinski definition) is 1. The molecule has 1 heterocycles. The van der Waals surface area contributed by atoms with Crippen LogP contribution in [0.15, 0.2) is 42.5 Å². The summed E-state index contributed by atoms with van der Waals surface area (Å²) in [6.07, 6.45) is 1.08. The Labute approximate surface area is 101 Å². The normalized spacial score (nSPS) is 13.0. The summed E-state index contributed by atoms with van der Waals surface area (Å²) in [6.45, 7) is 0.932. The number of ether oxygens (including phenoxy) is 1. The fourth-order valence-electron chi connectivity index (χ4n) is 2.18. The van der Waals surface area contributed by atoms with Crippen LogP contribution in [0, 0.1) is 0 Å². The van der Waals surface area contributed by atoms with Gasteiger partial charge in [0.05, 0.1) is 12.8 Å². The van der Waals surface area contributed by atoms with Crippen LogP contribution in [0.4, 0.5) is 5.69 Å². The van der Waals surface area contributed by atoms with E-state index in [9.17, 15) is 0 Å². The van der Waals surface area contributed by atoms with Crippen LogP contribution in [-0.2, 0) is 6.42 Å². The van der Waals surface area contributed by atoms with Crippen LogP contribution in [-0.4, -0.2) is 13.7 Å². The van der Waals surface area contributed by atoms with Gasteiger partial charge in [0.1, 0.15) is 5.75 Å². The topological polar surface area (TPSA) is 23.3 Å². The molecule has 1 aliphatic rings. The lowest BCUT2D eigenvalue weighted by Gasteiger charge is -2.05. The van der Waals surface area contributed by atoms with Crippen LogP contribution in [0.2, 0.25) is 0 Å². The molecule has 0 aliphatic carbocycles. The minimum absolute atomic E-state index is 0.889. The van der Waals surface area contributed by atoms with Gasteiger partial charge < -0.3 is 4.74 Å². The van der Waals surface area contributed by atoms with Gasteiger partial charge in [-0.25, -0.2) is 0 Å². The minimum atomic E-state index is 0.889. The summed E-state index contributed by atoms with van der Waals surface area (Å²) in [5, 5.41) is 4.49. The molecule has 17 heavy (non-hydrogen) atoms. The van der Waals surface area contributed by atoms with E-state index in [4.69, 9.17) is 4.74 Å². The molecule has 0 fully saturated rings. The molecule has 0 amide bonds. The van der Waals surface area contributed by atoms with E-state index in [1.807, 2.05) is 12.1 Å². The summed E-state index contributed by atoms with van der Waals surface area (Å²) in [6, 6.07) is 14.7. The molecule has 2 aromatic carbocycles. The van der Waals surface area contributed by atoms with Crippen molar-refractivity contribution in [3.8, 4) is 16.9 Å². The van der Waals surface area contributed by atoms with Crippen LogP contribution in [0.5, 0.6) is 5.75 Å². The highest BCUT2D eigenvalue weighted by Gasteiger charge is 2.12. The fourth-order valence-corrected chi connectivity index (χ4v) is 2.18. The van der Waals surface area contributed by atoms with E-state index in [0.717, 1.165) is 24.4 Å². The van der Waals surface area contributed by atoms with Gasteiger partial charge in [-0.3, -0.25) is 5.32 Å². The first kappa shape index (κ1) is 10.2. The summed E-state index contributed by atoms with van der Waals surface area (Å²) >= 11 is 0. The third kappa shape index (κ3) is 1.86. The van der Waals surface area contributed by atoms with Crippen molar-refractivity contribution < 1.29 is 4.74 Å². The molecule has 0 saturated heterocycles. The third-order valence-electron chi connectivity index (χ3n) is 3.17. The second-order valence-corrected chi connectivity index (χ2v) is 4.20. The lowest BCUT2D eigenvalue weighted by atomic mass is 10.0. The Morgan fingerprint density at radius 3 is 2.53 bits per heavy atom. The van der Waals surface area contributed by atoms with E-state index in [2.05, 4.69) is 35.6 Å². The zero-order valence-electron chi connectivity index (χ0n) is 9.81. The summed E-state index contributed by atoms with van der Waals surface area (Å²) in [7, 11) is 1.68. The molecule has 0 aromatic heterocycles. The van der Waals surface area contributed by atoms with Crippen molar-refractivity contribution >= 4 is 5.69 Å². The van der Waals surface area contributed by atoms with Crippen molar-refractivity contribution in [2.24, 2.45) is 0 Å². The first-order chi connectivity index (χ1) is 8.36. The molecule has 0 spiro atoms. The van der Waals surface area contributed by atoms with Gasteiger partial charge in [0.2, 0.25) is 0 Å². The number of rotatable bonds is 2. The number of methoxy groups -OCH3 is 1. The van der Waals surface area contributed by atoms with Crippen LogP contribution >= 0.6 is 0 Å². The fraction of sp³-hybridized carbons (Fsp3) is 0.200. The number of nitrogens with zero attached hydrogens (tertiary/aromatic N) is 1. The predicted octanol–water partition coefficient (Wildman–Crippen LogP) is 3.15. The summed E-state index contributed by atoms with van der Waals surface area (Å²) < 4.78 is 5.16. The second kappa shape index (κ2) is 4.13. The third-order valence-corrected chi connectivity index (χ3v) is 3.17. The van der Waals surface area contributed by atoms with Gasteiger partial charge in [-0.05, 0) is 41.3 Å². The molecule has 0 N–H and O–H groups in total. The SMILES string of the molecule is COc1ccc(-c2ccc3c(c2)[N]CC3)cc1. The van der Waals surface area contributed by atoms with Gasteiger partial charge in [-0.1, -0.05) is 24.3 Å². The molecule has 1 radical (unpaired) electrons. The maximum absolute atomic E-state index is 5.16. The van der Waals surface area contributed by atoms with Crippen LogP contribution in [0.1, 0.15) is 5.56 Å². The quantitative estimate of drug-likeness (QED) is 0.768. The molecular weight excluding hydrogens is 210 g/mol. The van der Waals surface area contributed by atoms with Gasteiger partial charge in [-0.15, -0.1) is 0 Å². The van der Waals surface area contributed by atoms with Crippen molar-refractivity contribution in [1.82, 2.24) is 5.32 Å². The number of fused-ring (bicyclic) bond motifs is 1. The Hall–Kier alpha value is -1.96. The smallest absolute Gasteiger partial charge is 0.118 e. The Balaban J connectivity index is 1.97. The number of hydrogen-bond donors (Lipinski definition) is 0. The second-order valence-electron chi connectivity index (χ2n) is 4.20. The summed E-state index contributed by atoms with van der Waals surface area (Å²) in [5.41, 5.74) is 4.94. The lowest BCUT2D eigenvalue weighted by Crippen LogP contribution is -1.89. The Kier molecular flexibility index (Phi) is 2.48. The molecule has 3 rings (SSSR count). The maximum atomic E-state index is 5.16. The van der Waals surface area contributed by atoms with E-state index in [1.165, 1.54) is 16.7 Å². The largest absolute Gasteiger partial charge is 0.497 e. The summed E-state index contributed by atoms with van der Waals surface area (Å²) in [4.78, 5) is 0. The van der Waals surface area contributed by atoms with E-state index >= 15 is 0 Å². The molecule has 1 aliphatic heterocycles. The highest BCUT2D eigenvalue weighted by atomic mass is 16.5. The molecular formula is C15H14NO. The zero-order chi connectivity index (χ0) is 11.7. The standard InChI is InChI=1S/C15H14NO/c1-17-14-6-4-11(5-7-14)13-3-2-12-8-9-16-15(12)10-13/h2-7,10H,8-9H2,1H3. The Bertz CT molecular complexity index is 531. The lowest BCUT2D eigenvalue weighted by molar-refractivity contribution is 0.415. The van der Waals surface area contributed by atoms with Gasteiger partial charge in [0.15, 0.2) is 0 Å². The summed E-state index contributed by atoms with van der Waals surface area (Å²) in [5.74, 6) is 0.889. The monoisotopic (exact) mass is 224 g/mol. The minimum Gasteiger partial charge on any atom is -0.497 e. The molecule has 0 unspecified atom stereocenters. The average Bonchev–Trinajstić information content (AvgIpc) is 2.86. The van der Waals surface area contributed by atoms with E-state index in [1.54, 1.807) is 7.11 Å². The van der Waals surface area contributed by atoms with Crippen molar-refractivity contribution in [2.45, 2.75) is 6.42 Å². The van der Waals surface area contributed by atoms with E-state index in [-0.39, 0.29) is 0 Å². The maximum Gasteiger partial charge on any atom is 0.118 e. The molecule has 85 valence electrons. The van der Waals surface area contributed by atoms with Gasteiger partial charge >= 0.3 is 0 Å². The Morgan fingerprint density at radius 1 is 1.00 bits per heavy atom. The van der Waals surface area contributed by atoms with E-state index < -0.39 is 0 Å². The van der Waals surface area contributed by atoms with Crippen LogP contribution in [0.25, 0.3) is 11.1 Å². The van der Waals surface area contributed by atoms with Crippen molar-refractivity contribution in [3.63, 3.8) is 0 Å². The Morgan fingerprint density at radius 2 is 1.76 bits per heavy atom. The van der Waals surface area contributed by atoms with Crippen molar-refractivity contribution in [1.29, 1.82) is 0 Å². The van der Waals surface area contributed by atoms with Crippen LogP contribution < -0.4 is 10.1 Å². The van der Waals surface area contributed by atoms with Crippen molar-refractivity contribution in [2.75, 3.05) is 13.7 Å². The highest BCUT2D eigenvalue weighted by Crippen LogP contribution is 2.29. The van der Waals surface area contributed by atoms with E-state index in [0.29, 0.717) is 0 Å². The molecule has 2 heteroatoms. The van der Waals surface area contributed by atoms with Crippen LogP contribution in [0.3, 0.4) is 0 Å². The molecule has 2 nitrogen and oxygen atoms in total. The predicted molar refractivity (Wildman–Crippen MR) is 68.8 cm³/mol. The first-order valence-corrected chi connectivity index (χ1v) is 5.82. The molecule has 0 bridgehead atoms. The van der Waals surface area contributed by atoms with Gasteiger partial charge in [-0.2, -0.15) is 0 Å². The van der Waals surface area contributed by atoms with Gasteiger partial charge in [0.25, 0.3) is 0 Å². The zero-order valence-corrected chi connectivity index (χ0v) is 9.81. The first-order valence-electron chi connectivity index (χ1n) is 5.82. The van der Waals surface area contributed by atoms with Crippen molar-refractivity contribution in [3.05, 3.63) is 48.0 Å². The molecule has 0 saturated carbocycles. The number of benzene rings is 2. The molecule has 2 aromatic rings.